The van der Waals surface area contributed by atoms with Crippen molar-refractivity contribution in [2.75, 3.05) is 13.1 Å². The van der Waals surface area contributed by atoms with Crippen LogP contribution < -0.4 is 10.6 Å². The number of hydrogen-bond donors (Lipinski definition) is 2. The number of carbonyl (C=O) groups excluding carboxylic acids is 1. The summed E-state index contributed by atoms with van der Waals surface area (Å²) < 4.78 is 0. The number of hydrogen-bond acceptors (Lipinski definition) is 2. The lowest BCUT2D eigenvalue weighted by Crippen LogP contribution is -2.45. The van der Waals surface area contributed by atoms with Gasteiger partial charge < -0.3 is 10.6 Å². The van der Waals surface area contributed by atoms with Gasteiger partial charge in [0.15, 0.2) is 0 Å². The summed E-state index contributed by atoms with van der Waals surface area (Å²) in [5.41, 5.74) is 0.620. The molecule has 0 aliphatic carbocycles. The Labute approximate surface area is 105 Å². The molecular formula is C14H26N2O. The molecule has 0 aromatic carbocycles. The fraction of sp³-hybridized carbons (Fsp3) is 0.929. The van der Waals surface area contributed by atoms with Crippen molar-refractivity contribution in [3.8, 4) is 0 Å². The maximum atomic E-state index is 11.7. The highest BCUT2D eigenvalue weighted by molar-refractivity contribution is 5.80. The third-order valence-electron chi connectivity index (χ3n) is 4.37. The minimum Gasteiger partial charge on any atom is -0.353 e. The SMILES string of the molecule is CC(C)(C)CCC1NC(=O)CC12CCNCC2. The topological polar surface area (TPSA) is 41.1 Å². The fourth-order valence-corrected chi connectivity index (χ4v) is 3.25. The van der Waals surface area contributed by atoms with Gasteiger partial charge in [-0.05, 0) is 44.2 Å². The average Bonchev–Trinajstić information content (AvgIpc) is 2.52. The third kappa shape index (κ3) is 3.01. The monoisotopic (exact) mass is 238 g/mol. The number of piperidine rings is 1. The van der Waals surface area contributed by atoms with E-state index in [-0.39, 0.29) is 11.3 Å². The molecule has 2 rings (SSSR count). The Morgan fingerprint density at radius 3 is 2.53 bits per heavy atom. The minimum absolute atomic E-state index is 0.258. The van der Waals surface area contributed by atoms with Gasteiger partial charge in [0, 0.05) is 17.9 Å². The second kappa shape index (κ2) is 4.60. The summed E-state index contributed by atoms with van der Waals surface area (Å²) in [4.78, 5) is 11.7. The molecule has 1 unspecified atom stereocenters. The molecule has 0 aromatic rings. The lowest BCUT2D eigenvalue weighted by atomic mass is 9.70. The van der Waals surface area contributed by atoms with Gasteiger partial charge in [-0.1, -0.05) is 20.8 Å². The molecule has 0 radical (unpaired) electrons. The maximum absolute atomic E-state index is 11.7. The standard InChI is InChI=1S/C14H26N2O/c1-13(2,3)5-4-11-14(10-12(17)16-11)6-8-15-9-7-14/h11,15H,4-10H2,1-3H3,(H,16,17). The number of carbonyl (C=O) groups is 1. The zero-order chi connectivity index (χ0) is 12.5. The molecule has 2 aliphatic heterocycles. The lowest BCUT2D eigenvalue weighted by molar-refractivity contribution is -0.119. The highest BCUT2D eigenvalue weighted by Gasteiger charge is 2.46. The van der Waals surface area contributed by atoms with Crippen molar-refractivity contribution < 1.29 is 4.79 Å². The van der Waals surface area contributed by atoms with Crippen LogP contribution in [0.15, 0.2) is 0 Å². The molecule has 98 valence electrons. The maximum Gasteiger partial charge on any atom is 0.220 e. The summed E-state index contributed by atoms with van der Waals surface area (Å²) in [5.74, 6) is 0.269. The van der Waals surface area contributed by atoms with E-state index in [1.54, 1.807) is 0 Å². The van der Waals surface area contributed by atoms with Crippen molar-refractivity contribution in [1.29, 1.82) is 0 Å². The van der Waals surface area contributed by atoms with Crippen LogP contribution in [0, 0.1) is 10.8 Å². The molecule has 2 heterocycles. The zero-order valence-corrected chi connectivity index (χ0v) is 11.4. The molecule has 0 bridgehead atoms. The zero-order valence-electron chi connectivity index (χ0n) is 11.4. The Kier molecular flexibility index (Phi) is 3.48. The Bertz CT molecular complexity index is 287. The van der Waals surface area contributed by atoms with Crippen LogP contribution in [0.1, 0.15) is 52.9 Å². The van der Waals surface area contributed by atoms with Crippen LogP contribution in [-0.4, -0.2) is 25.0 Å². The Hall–Kier alpha value is -0.570. The van der Waals surface area contributed by atoms with Gasteiger partial charge >= 0.3 is 0 Å². The van der Waals surface area contributed by atoms with Crippen LogP contribution in [0.5, 0.6) is 0 Å². The fourth-order valence-electron chi connectivity index (χ4n) is 3.25. The van der Waals surface area contributed by atoms with Gasteiger partial charge in [0.2, 0.25) is 5.91 Å². The molecule has 0 aromatic heterocycles. The van der Waals surface area contributed by atoms with Gasteiger partial charge in [-0.25, -0.2) is 0 Å². The third-order valence-corrected chi connectivity index (χ3v) is 4.37. The molecule has 2 fully saturated rings. The summed E-state index contributed by atoms with van der Waals surface area (Å²) in [7, 11) is 0. The van der Waals surface area contributed by atoms with Gasteiger partial charge in [0.25, 0.3) is 0 Å². The summed E-state index contributed by atoms with van der Waals surface area (Å²) in [6.07, 6.45) is 5.38. The predicted molar refractivity (Wildman–Crippen MR) is 69.8 cm³/mol. The Balaban J connectivity index is 2.01. The quantitative estimate of drug-likeness (QED) is 0.773. The molecule has 1 amide bonds. The molecule has 2 aliphatic rings. The Morgan fingerprint density at radius 2 is 1.94 bits per heavy atom. The van der Waals surface area contributed by atoms with Gasteiger partial charge in [-0.2, -0.15) is 0 Å². The van der Waals surface area contributed by atoms with E-state index in [1.807, 2.05) is 0 Å². The van der Waals surface area contributed by atoms with Crippen molar-refractivity contribution in [2.24, 2.45) is 10.8 Å². The van der Waals surface area contributed by atoms with Crippen LogP contribution in [-0.2, 0) is 4.79 Å². The Morgan fingerprint density at radius 1 is 1.29 bits per heavy atom. The van der Waals surface area contributed by atoms with Crippen LogP contribution >= 0.6 is 0 Å². The molecule has 0 saturated carbocycles. The number of amides is 1. The van der Waals surface area contributed by atoms with Gasteiger partial charge in [-0.15, -0.1) is 0 Å². The number of rotatable bonds is 2. The van der Waals surface area contributed by atoms with Crippen LogP contribution in [0.3, 0.4) is 0 Å². The smallest absolute Gasteiger partial charge is 0.220 e. The van der Waals surface area contributed by atoms with Crippen molar-refractivity contribution >= 4 is 5.91 Å². The normalized spacial score (nSPS) is 28.4. The second-order valence-corrected chi connectivity index (χ2v) is 7.01. The molecule has 3 heteroatoms. The molecule has 17 heavy (non-hydrogen) atoms. The largest absolute Gasteiger partial charge is 0.353 e. The molecule has 2 N–H and O–H groups in total. The molecule has 1 atom stereocenters. The van der Waals surface area contributed by atoms with Crippen LogP contribution in [0.25, 0.3) is 0 Å². The van der Waals surface area contributed by atoms with E-state index in [1.165, 1.54) is 6.42 Å². The first-order chi connectivity index (χ1) is 7.91. The van der Waals surface area contributed by atoms with Gasteiger partial charge in [0.1, 0.15) is 0 Å². The van der Waals surface area contributed by atoms with E-state index < -0.39 is 0 Å². The first-order valence-electron chi connectivity index (χ1n) is 6.91. The van der Waals surface area contributed by atoms with Crippen molar-refractivity contribution in [3.63, 3.8) is 0 Å². The molecule has 3 nitrogen and oxygen atoms in total. The summed E-state index contributed by atoms with van der Waals surface area (Å²) in [5, 5.41) is 6.62. The first-order valence-corrected chi connectivity index (χ1v) is 6.91. The average molecular weight is 238 g/mol. The second-order valence-electron chi connectivity index (χ2n) is 7.01. The summed E-state index contributed by atoms with van der Waals surface area (Å²) >= 11 is 0. The molecule has 1 spiro atoms. The van der Waals surface area contributed by atoms with E-state index in [0.717, 1.165) is 38.8 Å². The van der Waals surface area contributed by atoms with E-state index in [4.69, 9.17) is 0 Å². The summed E-state index contributed by atoms with van der Waals surface area (Å²) in [6.45, 7) is 8.97. The van der Waals surface area contributed by atoms with E-state index in [0.29, 0.717) is 11.5 Å². The van der Waals surface area contributed by atoms with Gasteiger partial charge in [-0.3, -0.25) is 4.79 Å². The minimum atomic E-state index is 0.258. The summed E-state index contributed by atoms with van der Waals surface area (Å²) in [6, 6.07) is 0.413. The van der Waals surface area contributed by atoms with Gasteiger partial charge in [0.05, 0.1) is 0 Å². The van der Waals surface area contributed by atoms with Crippen molar-refractivity contribution in [3.05, 3.63) is 0 Å². The highest BCUT2D eigenvalue weighted by atomic mass is 16.2. The van der Waals surface area contributed by atoms with Crippen molar-refractivity contribution in [1.82, 2.24) is 10.6 Å². The van der Waals surface area contributed by atoms with Crippen LogP contribution in [0.2, 0.25) is 0 Å². The molecular weight excluding hydrogens is 212 g/mol. The predicted octanol–water partition coefficient (Wildman–Crippen LogP) is 2.07. The molecule has 2 saturated heterocycles. The van der Waals surface area contributed by atoms with E-state index in [2.05, 4.69) is 31.4 Å². The first kappa shape index (κ1) is 12.9. The van der Waals surface area contributed by atoms with E-state index >= 15 is 0 Å². The van der Waals surface area contributed by atoms with E-state index in [9.17, 15) is 4.79 Å². The van der Waals surface area contributed by atoms with Crippen LogP contribution in [0.4, 0.5) is 0 Å². The van der Waals surface area contributed by atoms with Crippen molar-refractivity contribution in [2.45, 2.75) is 58.9 Å². The highest BCUT2D eigenvalue weighted by Crippen LogP contribution is 2.43. The lowest BCUT2D eigenvalue weighted by Gasteiger charge is -2.38. The number of nitrogens with one attached hydrogen (secondary N) is 2.